The molecule has 0 amide bonds. The molecule has 2 N–H and O–H groups in total. The minimum absolute atomic E-state index is 0.0279. The molecule has 1 aliphatic heterocycles. The number of hydrogen-bond donors (Lipinski definition) is 1. The summed E-state index contributed by atoms with van der Waals surface area (Å²) in [6.07, 6.45) is 0. The molecule has 1 atom stereocenters. The highest BCUT2D eigenvalue weighted by Gasteiger charge is 2.32. The number of esters is 1. The van der Waals surface area contributed by atoms with Gasteiger partial charge in [0.2, 0.25) is 5.88 Å². The fourth-order valence-electron chi connectivity index (χ4n) is 4.42. The highest BCUT2D eigenvalue weighted by Crippen LogP contribution is 2.45. The number of nitrogens with zero attached hydrogens (tertiary/aromatic N) is 1. The summed E-state index contributed by atoms with van der Waals surface area (Å²) in [5.41, 5.74) is 10.4. The number of carbonyl (C=O) groups excluding carboxylic acids is 1. The van der Waals surface area contributed by atoms with E-state index in [1.165, 1.54) is 5.56 Å². The van der Waals surface area contributed by atoms with Crippen molar-refractivity contribution >= 4 is 17.6 Å². The number of hydrogen-bond acceptors (Lipinski definition) is 7. The smallest absolute Gasteiger partial charge is 0.343 e. The van der Waals surface area contributed by atoms with Gasteiger partial charge in [0.05, 0.1) is 18.6 Å². The molecule has 5 rings (SSSR count). The van der Waals surface area contributed by atoms with Gasteiger partial charge in [0.1, 0.15) is 29.7 Å². The van der Waals surface area contributed by atoms with Gasteiger partial charge in [-0.3, -0.25) is 0 Å². The van der Waals surface area contributed by atoms with E-state index < -0.39 is 11.9 Å². The standard InChI is InChI=1S/C32H25ClN2O5/c1-19-3-5-20(6-4-19)18-38-27-14-9-22(15-29(27)37-2)30-25-13-12-24(16-28(25)40-31(35)26(30)17-34)39-32(36)21-7-10-23(33)11-8-21/h3-16,30H,18,35H2,1-2H3. The maximum atomic E-state index is 12.6. The van der Waals surface area contributed by atoms with Crippen LogP contribution in [0.15, 0.2) is 96.4 Å². The Kier molecular flexibility index (Phi) is 7.63. The Morgan fingerprint density at radius 2 is 1.75 bits per heavy atom. The first kappa shape index (κ1) is 26.7. The minimum Gasteiger partial charge on any atom is -0.493 e. The Labute approximate surface area is 236 Å². The van der Waals surface area contributed by atoms with Gasteiger partial charge in [-0.2, -0.15) is 5.26 Å². The summed E-state index contributed by atoms with van der Waals surface area (Å²) in [4.78, 5) is 12.6. The Morgan fingerprint density at radius 1 is 1.00 bits per heavy atom. The van der Waals surface area contributed by atoms with Crippen LogP contribution in [0.1, 0.15) is 38.5 Å². The van der Waals surface area contributed by atoms with Crippen LogP contribution in [0, 0.1) is 18.3 Å². The van der Waals surface area contributed by atoms with Crippen LogP contribution in [0.3, 0.4) is 0 Å². The van der Waals surface area contributed by atoms with Crippen LogP contribution >= 0.6 is 11.6 Å². The van der Waals surface area contributed by atoms with Gasteiger partial charge < -0.3 is 24.7 Å². The molecule has 4 aromatic carbocycles. The molecule has 0 saturated carbocycles. The Morgan fingerprint density at radius 3 is 2.45 bits per heavy atom. The SMILES string of the molecule is COc1cc(C2C(C#N)=C(N)Oc3cc(OC(=O)c4ccc(Cl)cc4)ccc32)ccc1OCc1ccc(C)cc1. The molecule has 0 radical (unpaired) electrons. The van der Waals surface area contributed by atoms with E-state index >= 15 is 0 Å². The van der Waals surface area contributed by atoms with Crippen LogP contribution in [0.2, 0.25) is 5.02 Å². The summed E-state index contributed by atoms with van der Waals surface area (Å²) in [5, 5.41) is 10.5. The zero-order chi connectivity index (χ0) is 28.2. The van der Waals surface area contributed by atoms with E-state index in [1.54, 1.807) is 49.6 Å². The van der Waals surface area contributed by atoms with Crippen molar-refractivity contribution < 1.29 is 23.7 Å². The lowest BCUT2D eigenvalue weighted by Gasteiger charge is -2.27. The fourth-order valence-corrected chi connectivity index (χ4v) is 4.55. The molecule has 0 aromatic heterocycles. The topological polar surface area (TPSA) is 104 Å². The zero-order valence-electron chi connectivity index (χ0n) is 21.8. The van der Waals surface area contributed by atoms with Crippen molar-refractivity contribution in [1.82, 2.24) is 0 Å². The van der Waals surface area contributed by atoms with Gasteiger partial charge >= 0.3 is 5.97 Å². The number of nitriles is 1. The molecular weight excluding hydrogens is 528 g/mol. The second-order valence-electron chi connectivity index (χ2n) is 9.21. The molecule has 0 fully saturated rings. The molecule has 200 valence electrons. The lowest BCUT2D eigenvalue weighted by Crippen LogP contribution is -2.21. The lowest BCUT2D eigenvalue weighted by molar-refractivity contribution is 0.0734. The van der Waals surface area contributed by atoms with Crippen molar-refractivity contribution in [2.24, 2.45) is 5.73 Å². The molecule has 0 saturated heterocycles. The Hall–Kier alpha value is -4.93. The Bertz CT molecular complexity index is 1640. The molecule has 8 heteroatoms. The number of ether oxygens (including phenoxy) is 4. The predicted molar refractivity (Wildman–Crippen MR) is 151 cm³/mol. The maximum Gasteiger partial charge on any atom is 0.343 e. The van der Waals surface area contributed by atoms with Gasteiger partial charge in [0.15, 0.2) is 11.5 Å². The zero-order valence-corrected chi connectivity index (χ0v) is 22.6. The molecule has 1 heterocycles. The van der Waals surface area contributed by atoms with Crippen LogP contribution < -0.4 is 24.7 Å². The van der Waals surface area contributed by atoms with E-state index in [1.807, 2.05) is 49.4 Å². The minimum atomic E-state index is -0.545. The van der Waals surface area contributed by atoms with E-state index in [0.29, 0.717) is 40.0 Å². The molecule has 1 aliphatic rings. The van der Waals surface area contributed by atoms with Crippen molar-refractivity contribution in [2.45, 2.75) is 19.4 Å². The van der Waals surface area contributed by atoms with Gasteiger partial charge in [-0.1, -0.05) is 53.6 Å². The van der Waals surface area contributed by atoms with E-state index in [0.717, 1.165) is 11.1 Å². The number of benzene rings is 4. The number of carbonyl (C=O) groups is 1. The molecule has 1 unspecified atom stereocenters. The summed E-state index contributed by atoms with van der Waals surface area (Å²) in [6, 6.07) is 27.1. The average molecular weight is 553 g/mol. The van der Waals surface area contributed by atoms with Crippen LogP contribution in [0.5, 0.6) is 23.0 Å². The first-order valence-corrected chi connectivity index (χ1v) is 12.8. The van der Waals surface area contributed by atoms with Crippen molar-refractivity contribution in [3.63, 3.8) is 0 Å². The van der Waals surface area contributed by atoms with Crippen LogP contribution in [0.25, 0.3) is 0 Å². The van der Waals surface area contributed by atoms with E-state index in [2.05, 4.69) is 6.07 Å². The number of allylic oxidation sites excluding steroid dienone is 1. The lowest BCUT2D eigenvalue weighted by atomic mass is 9.83. The van der Waals surface area contributed by atoms with E-state index in [4.69, 9.17) is 36.3 Å². The Balaban J connectivity index is 1.42. The summed E-state index contributed by atoms with van der Waals surface area (Å²) < 4.78 is 23.0. The molecule has 7 nitrogen and oxygen atoms in total. The van der Waals surface area contributed by atoms with Gasteiger partial charge in [-0.15, -0.1) is 0 Å². The highest BCUT2D eigenvalue weighted by molar-refractivity contribution is 6.30. The number of aryl methyl sites for hydroxylation is 1. The van der Waals surface area contributed by atoms with Gasteiger partial charge in [0.25, 0.3) is 0 Å². The average Bonchev–Trinajstić information content (AvgIpc) is 2.96. The van der Waals surface area contributed by atoms with Crippen molar-refractivity contribution in [2.75, 3.05) is 7.11 Å². The molecule has 0 spiro atoms. The van der Waals surface area contributed by atoms with Gasteiger partial charge in [-0.05, 0) is 60.5 Å². The first-order chi connectivity index (χ1) is 19.4. The quantitative estimate of drug-likeness (QED) is 0.201. The van der Waals surface area contributed by atoms with E-state index in [-0.39, 0.29) is 17.2 Å². The first-order valence-electron chi connectivity index (χ1n) is 12.4. The third-order valence-corrected chi connectivity index (χ3v) is 6.77. The maximum absolute atomic E-state index is 12.6. The number of rotatable bonds is 7. The van der Waals surface area contributed by atoms with Crippen LogP contribution in [-0.2, 0) is 6.61 Å². The van der Waals surface area contributed by atoms with Crippen LogP contribution in [-0.4, -0.2) is 13.1 Å². The fraction of sp³-hybridized carbons (Fsp3) is 0.125. The van der Waals surface area contributed by atoms with E-state index in [9.17, 15) is 10.1 Å². The summed E-state index contributed by atoms with van der Waals surface area (Å²) in [7, 11) is 1.56. The molecule has 0 aliphatic carbocycles. The summed E-state index contributed by atoms with van der Waals surface area (Å²) >= 11 is 5.91. The normalized spacial score (nSPS) is 14.0. The van der Waals surface area contributed by atoms with Crippen molar-refractivity contribution in [3.05, 3.63) is 129 Å². The number of halogens is 1. The molecular formula is C32H25ClN2O5. The monoisotopic (exact) mass is 552 g/mol. The predicted octanol–water partition coefficient (Wildman–Crippen LogP) is 6.67. The largest absolute Gasteiger partial charge is 0.493 e. The second kappa shape index (κ2) is 11.4. The number of methoxy groups -OCH3 is 1. The number of fused-ring (bicyclic) bond motifs is 1. The molecule has 4 aromatic rings. The van der Waals surface area contributed by atoms with Crippen molar-refractivity contribution in [1.29, 1.82) is 5.26 Å². The second-order valence-corrected chi connectivity index (χ2v) is 9.64. The summed E-state index contributed by atoms with van der Waals surface area (Å²) in [5.74, 6) is 0.622. The third kappa shape index (κ3) is 5.58. The molecule has 0 bridgehead atoms. The van der Waals surface area contributed by atoms with Crippen LogP contribution in [0.4, 0.5) is 0 Å². The van der Waals surface area contributed by atoms with Gasteiger partial charge in [0, 0.05) is 16.7 Å². The molecule has 40 heavy (non-hydrogen) atoms. The van der Waals surface area contributed by atoms with Crippen molar-refractivity contribution in [3.8, 4) is 29.1 Å². The third-order valence-electron chi connectivity index (χ3n) is 6.52. The highest BCUT2D eigenvalue weighted by atomic mass is 35.5. The summed E-state index contributed by atoms with van der Waals surface area (Å²) in [6.45, 7) is 2.41. The number of nitrogens with two attached hydrogens (primary N) is 1. The van der Waals surface area contributed by atoms with Gasteiger partial charge in [-0.25, -0.2) is 4.79 Å².